The van der Waals surface area contributed by atoms with Gasteiger partial charge in [0, 0.05) is 39.7 Å². The lowest BCUT2D eigenvalue weighted by atomic mass is 9.56. The number of allylic oxidation sites excluding steroid dienone is 2. The number of carbonyl (C=O) groups is 2. The highest BCUT2D eigenvalue weighted by molar-refractivity contribution is 7.22. The van der Waals surface area contributed by atoms with Gasteiger partial charge in [-0.2, -0.15) is 5.10 Å². The van der Waals surface area contributed by atoms with E-state index in [0.717, 1.165) is 30.5 Å². The van der Waals surface area contributed by atoms with E-state index in [2.05, 4.69) is 0 Å². The summed E-state index contributed by atoms with van der Waals surface area (Å²) in [4.78, 5) is 60.5. The van der Waals surface area contributed by atoms with Gasteiger partial charge in [0.05, 0.1) is 34.5 Å². The Morgan fingerprint density at radius 1 is 0.909 bits per heavy atom. The van der Waals surface area contributed by atoms with Gasteiger partial charge in [-0.25, -0.2) is 28.4 Å². The zero-order chi connectivity index (χ0) is 38.1. The number of anilines is 1. The molecule has 1 N–H and O–H groups in total. The number of nitrogens with zero attached hydrogens (tertiary/aromatic N) is 6. The first-order valence-corrected chi connectivity index (χ1v) is 19.2. The van der Waals surface area contributed by atoms with E-state index in [1.165, 1.54) is 14.3 Å². The summed E-state index contributed by atoms with van der Waals surface area (Å²) in [7, 11) is 1.71. The average molecular weight is 769 g/mol. The molecule has 4 atom stereocenters. The number of carbonyl (C=O) groups excluding carboxylic acids is 2. The maximum Gasteiger partial charge on any atom is 0.352 e. The standard InChI is InChI=1S/C42H33ClN6O5S/c1-22-29-19-24(43)14-16-33(29)55-37(22)31-21-34(45(3)44-31)48-38(51)30-20-32-27(17-18-46-40(53)47(41(54)49(32)46)25-10-5-4-6-11-25)35(42(30,2)39(48)52)28-15-13-23-9-7-8-12-26(23)36(28)50/h4-17,19,21,30,32,35,50H,18,20H2,1-3H3/t30-,32+,35+,42+/m0/s1. The topological polar surface area (TPSA) is 124 Å². The van der Waals surface area contributed by atoms with E-state index in [1.807, 2.05) is 73.7 Å². The molecule has 13 heteroatoms. The van der Waals surface area contributed by atoms with Crippen molar-refractivity contribution in [2.75, 3.05) is 4.90 Å². The second-order valence-corrected chi connectivity index (χ2v) is 16.3. The summed E-state index contributed by atoms with van der Waals surface area (Å²) in [6.45, 7) is 3.87. The molecule has 274 valence electrons. The summed E-state index contributed by atoms with van der Waals surface area (Å²) < 4.78 is 6.58. The summed E-state index contributed by atoms with van der Waals surface area (Å²) in [6.07, 6.45) is 1.98. The number of rotatable bonds is 4. The van der Waals surface area contributed by atoms with Gasteiger partial charge in [-0.1, -0.05) is 72.3 Å². The van der Waals surface area contributed by atoms with Crippen LogP contribution in [-0.2, 0) is 23.2 Å². The van der Waals surface area contributed by atoms with Crippen LogP contribution < -0.4 is 16.3 Å². The number of aromatic hydroxyl groups is 1. The molecule has 2 aliphatic heterocycles. The molecule has 55 heavy (non-hydrogen) atoms. The van der Waals surface area contributed by atoms with Crippen molar-refractivity contribution in [2.24, 2.45) is 18.4 Å². The number of aryl methyl sites for hydroxylation is 2. The molecular weight excluding hydrogens is 736 g/mol. The quantitative estimate of drug-likeness (QED) is 0.151. The number of thiophene rings is 1. The zero-order valence-electron chi connectivity index (χ0n) is 29.9. The van der Waals surface area contributed by atoms with Gasteiger partial charge in [-0.3, -0.25) is 14.3 Å². The molecule has 0 spiro atoms. The number of aromatic nitrogens is 5. The van der Waals surface area contributed by atoms with Crippen LogP contribution in [0.3, 0.4) is 0 Å². The van der Waals surface area contributed by atoms with Crippen LogP contribution in [-0.4, -0.2) is 40.6 Å². The Morgan fingerprint density at radius 3 is 2.47 bits per heavy atom. The molecule has 11 nitrogen and oxygen atoms in total. The monoisotopic (exact) mass is 768 g/mol. The zero-order valence-corrected chi connectivity index (χ0v) is 31.5. The molecular formula is C42H33ClN6O5S. The second kappa shape index (κ2) is 11.8. The first-order valence-electron chi connectivity index (χ1n) is 18.0. The van der Waals surface area contributed by atoms with Crippen LogP contribution in [0.5, 0.6) is 5.75 Å². The van der Waals surface area contributed by atoms with Crippen molar-refractivity contribution < 1.29 is 14.7 Å². The minimum absolute atomic E-state index is 0.00338. The number of hydrogen-bond acceptors (Lipinski definition) is 7. The number of imide groups is 1. The molecule has 7 aromatic rings. The van der Waals surface area contributed by atoms with Crippen molar-refractivity contribution in [3.8, 4) is 22.0 Å². The molecule has 5 heterocycles. The lowest BCUT2D eigenvalue weighted by molar-refractivity contribution is -0.129. The summed E-state index contributed by atoms with van der Waals surface area (Å²) >= 11 is 7.89. The maximum absolute atomic E-state index is 15.2. The Labute approximate surface area is 322 Å². The normalized spacial score (nSPS) is 21.9. The predicted molar refractivity (Wildman–Crippen MR) is 212 cm³/mol. The highest BCUT2D eigenvalue weighted by Gasteiger charge is 2.66. The highest BCUT2D eigenvalue weighted by Crippen LogP contribution is 2.62. The van der Waals surface area contributed by atoms with E-state index < -0.39 is 46.5 Å². The number of amides is 2. The van der Waals surface area contributed by atoms with Gasteiger partial charge >= 0.3 is 11.4 Å². The first kappa shape index (κ1) is 33.6. The third-order valence-electron chi connectivity index (χ3n) is 12.0. The molecule has 2 fully saturated rings. The van der Waals surface area contributed by atoms with Gasteiger partial charge in [0.15, 0.2) is 0 Å². The van der Waals surface area contributed by atoms with Crippen LogP contribution >= 0.6 is 22.9 Å². The predicted octanol–water partition coefficient (Wildman–Crippen LogP) is 7.10. The van der Waals surface area contributed by atoms with Gasteiger partial charge in [0.2, 0.25) is 11.8 Å². The van der Waals surface area contributed by atoms with Crippen molar-refractivity contribution in [3.05, 3.63) is 140 Å². The van der Waals surface area contributed by atoms with Gasteiger partial charge in [-0.05, 0) is 72.5 Å². The van der Waals surface area contributed by atoms with Crippen molar-refractivity contribution in [1.82, 2.24) is 23.7 Å². The molecule has 3 aliphatic rings. The Kier molecular flexibility index (Phi) is 7.18. The number of hydrogen-bond donors (Lipinski definition) is 1. The van der Waals surface area contributed by atoms with Crippen molar-refractivity contribution in [3.63, 3.8) is 0 Å². The molecule has 2 amide bonds. The van der Waals surface area contributed by atoms with Crippen LogP contribution in [0.4, 0.5) is 5.82 Å². The Balaban J connectivity index is 1.15. The Bertz CT molecular complexity index is 2970. The SMILES string of the molecule is Cc1c(-c2cc(N3C(=O)[C@@H]4C[C@@H]5C(=CCn6c(=O)n(-c7ccccc7)c(=O)n65)[C@H](c5ccc6ccccc6c5O)[C@]4(C)C3=O)n(C)n2)sc2ccc(Cl)cc12. The van der Waals surface area contributed by atoms with Crippen LogP contribution in [0.1, 0.15) is 36.4 Å². The number of fused-ring (bicyclic) bond motifs is 6. The maximum atomic E-state index is 15.2. The van der Waals surface area contributed by atoms with Gasteiger partial charge < -0.3 is 5.11 Å². The summed E-state index contributed by atoms with van der Waals surface area (Å²) in [5, 5.41) is 19.9. The first-order chi connectivity index (χ1) is 26.5. The molecule has 0 unspecified atom stereocenters. The lowest BCUT2D eigenvalue weighted by Gasteiger charge is -2.47. The number of phenolic OH excluding ortho intramolecular Hbond substituents is 1. The fourth-order valence-corrected chi connectivity index (χ4v) is 10.7. The minimum Gasteiger partial charge on any atom is -0.507 e. The summed E-state index contributed by atoms with van der Waals surface area (Å²) in [6, 6.07) is 26.6. The highest BCUT2D eigenvalue weighted by atomic mass is 35.5. The van der Waals surface area contributed by atoms with Crippen LogP contribution in [0, 0.1) is 18.3 Å². The van der Waals surface area contributed by atoms with Crippen molar-refractivity contribution in [2.45, 2.75) is 38.8 Å². The number of para-hydroxylation sites is 1. The van der Waals surface area contributed by atoms with Crippen molar-refractivity contribution in [1.29, 1.82) is 0 Å². The Morgan fingerprint density at radius 2 is 1.67 bits per heavy atom. The fourth-order valence-electron chi connectivity index (χ4n) is 9.36. The molecule has 1 aliphatic carbocycles. The van der Waals surface area contributed by atoms with E-state index in [0.29, 0.717) is 38.7 Å². The molecule has 0 bridgehead atoms. The minimum atomic E-state index is -1.37. The van der Waals surface area contributed by atoms with E-state index >= 15 is 4.79 Å². The lowest BCUT2D eigenvalue weighted by Crippen LogP contribution is -2.49. The van der Waals surface area contributed by atoms with Gasteiger partial charge in [0.25, 0.3) is 0 Å². The van der Waals surface area contributed by atoms with Crippen LogP contribution in [0.25, 0.3) is 37.1 Å². The molecule has 4 aromatic carbocycles. The van der Waals surface area contributed by atoms with E-state index in [4.69, 9.17) is 16.7 Å². The van der Waals surface area contributed by atoms with Crippen LogP contribution in [0.15, 0.2) is 112 Å². The van der Waals surface area contributed by atoms with Crippen LogP contribution in [0.2, 0.25) is 5.02 Å². The molecule has 0 radical (unpaired) electrons. The van der Waals surface area contributed by atoms with E-state index in [-0.39, 0.29) is 18.7 Å². The van der Waals surface area contributed by atoms with E-state index in [1.54, 1.807) is 60.3 Å². The average Bonchev–Trinajstić information content (AvgIpc) is 3.86. The summed E-state index contributed by atoms with van der Waals surface area (Å²) in [5.74, 6) is -2.27. The number of halogens is 1. The third-order valence-corrected chi connectivity index (χ3v) is 13.5. The van der Waals surface area contributed by atoms with E-state index in [9.17, 15) is 19.5 Å². The fraction of sp³-hybridized carbons (Fsp3) is 0.214. The number of phenols is 1. The molecule has 3 aromatic heterocycles. The largest absolute Gasteiger partial charge is 0.507 e. The molecule has 10 rings (SSSR count). The third kappa shape index (κ3) is 4.52. The Hall–Kier alpha value is -5.98. The molecule has 1 saturated carbocycles. The van der Waals surface area contributed by atoms with Crippen molar-refractivity contribution >= 4 is 61.4 Å². The summed E-state index contributed by atoms with van der Waals surface area (Å²) in [5.41, 5.74) is 0.803. The molecule has 1 saturated heterocycles. The van der Waals surface area contributed by atoms with Gasteiger partial charge in [0.1, 0.15) is 17.3 Å². The van der Waals surface area contributed by atoms with Gasteiger partial charge in [-0.15, -0.1) is 11.3 Å². The second-order valence-electron chi connectivity index (χ2n) is 14.8. The number of benzene rings is 4. The smallest absolute Gasteiger partial charge is 0.352 e.